The molecule has 1 aromatic heterocycles. The lowest BCUT2D eigenvalue weighted by molar-refractivity contribution is 0.144. The molecule has 0 spiro atoms. The maximum Gasteiger partial charge on any atom is 0.123 e. The number of nitrogens with one attached hydrogen (secondary N) is 1. The highest BCUT2D eigenvalue weighted by molar-refractivity contribution is 5.83. The molecule has 0 unspecified atom stereocenters. The second kappa shape index (κ2) is 4.61. The predicted molar refractivity (Wildman–Crippen MR) is 71.7 cm³/mol. The van der Waals surface area contributed by atoms with E-state index in [4.69, 9.17) is 10.5 Å². The Morgan fingerprint density at radius 2 is 2.28 bits per heavy atom. The fourth-order valence-electron chi connectivity index (χ4n) is 2.73. The minimum Gasteiger partial charge on any atom is -0.490 e. The van der Waals surface area contributed by atoms with Crippen LogP contribution in [0.15, 0.2) is 18.3 Å². The molecule has 4 heteroatoms. The predicted octanol–water partition coefficient (Wildman–Crippen LogP) is 2.52. The first-order valence-corrected chi connectivity index (χ1v) is 6.59. The first-order valence-electron chi connectivity index (χ1n) is 6.59. The van der Waals surface area contributed by atoms with Gasteiger partial charge in [-0.05, 0) is 44.7 Å². The SMILES string of the molecule is Cc1c(O[C@@H]2CCC[C@H](N)C2)ccc2[nH]ncc12. The van der Waals surface area contributed by atoms with Crippen LogP contribution in [0.2, 0.25) is 0 Å². The first kappa shape index (κ1) is 11.5. The van der Waals surface area contributed by atoms with E-state index in [2.05, 4.69) is 17.1 Å². The zero-order valence-electron chi connectivity index (χ0n) is 10.6. The molecule has 1 heterocycles. The number of ether oxygens (including phenoxy) is 1. The Morgan fingerprint density at radius 3 is 3.11 bits per heavy atom. The number of nitrogens with zero attached hydrogens (tertiary/aromatic N) is 1. The zero-order chi connectivity index (χ0) is 12.5. The van der Waals surface area contributed by atoms with Crippen LogP contribution in [-0.2, 0) is 0 Å². The van der Waals surface area contributed by atoms with Gasteiger partial charge in [0.05, 0.1) is 11.7 Å². The molecule has 1 aliphatic carbocycles. The molecule has 3 rings (SSSR count). The maximum atomic E-state index is 6.11. The molecule has 2 atom stereocenters. The molecule has 18 heavy (non-hydrogen) atoms. The van der Waals surface area contributed by atoms with E-state index in [9.17, 15) is 0 Å². The molecule has 0 amide bonds. The Balaban J connectivity index is 1.83. The van der Waals surface area contributed by atoms with Crippen molar-refractivity contribution in [3.8, 4) is 5.75 Å². The van der Waals surface area contributed by atoms with Gasteiger partial charge in [-0.2, -0.15) is 5.10 Å². The van der Waals surface area contributed by atoms with Crippen molar-refractivity contribution in [2.45, 2.75) is 44.8 Å². The van der Waals surface area contributed by atoms with Crippen LogP contribution in [0.25, 0.3) is 10.9 Å². The number of rotatable bonds is 2. The van der Waals surface area contributed by atoms with Crippen molar-refractivity contribution in [1.29, 1.82) is 0 Å². The summed E-state index contributed by atoms with van der Waals surface area (Å²) in [5, 5.41) is 8.17. The quantitative estimate of drug-likeness (QED) is 0.854. The van der Waals surface area contributed by atoms with E-state index in [0.717, 1.165) is 41.5 Å². The van der Waals surface area contributed by atoms with Gasteiger partial charge in [-0.3, -0.25) is 5.10 Å². The van der Waals surface area contributed by atoms with E-state index >= 15 is 0 Å². The largest absolute Gasteiger partial charge is 0.490 e. The highest BCUT2D eigenvalue weighted by Gasteiger charge is 2.21. The van der Waals surface area contributed by atoms with Crippen LogP contribution >= 0.6 is 0 Å². The molecule has 0 radical (unpaired) electrons. The minimum absolute atomic E-state index is 0.261. The lowest BCUT2D eigenvalue weighted by Gasteiger charge is -2.27. The van der Waals surface area contributed by atoms with Crippen molar-refractivity contribution in [2.24, 2.45) is 5.73 Å². The lowest BCUT2D eigenvalue weighted by atomic mass is 9.93. The van der Waals surface area contributed by atoms with Crippen molar-refractivity contribution < 1.29 is 4.74 Å². The Hall–Kier alpha value is -1.55. The number of benzene rings is 1. The van der Waals surface area contributed by atoms with Crippen LogP contribution < -0.4 is 10.5 Å². The Labute approximate surface area is 107 Å². The van der Waals surface area contributed by atoms with Crippen molar-refractivity contribution in [1.82, 2.24) is 10.2 Å². The summed E-state index contributed by atoms with van der Waals surface area (Å²) in [7, 11) is 0. The Kier molecular flexibility index (Phi) is 2.96. The normalized spacial score (nSPS) is 24.3. The van der Waals surface area contributed by atoms with Crippen LogP contribution in [-0.4, -0.2) is 22.3 Å². The third kappa shape index (κ3) is 2.08. The number of aromatic nitrogens is 2. The van der Waals surface area contributed by atoms with Gasteiger partial charge in [-0.1, -0.05) is 0 Å². The molecule has 1 aromatic carbocycles. The average Bonchev–Trinajstić information content (AvgIpc) is 2.82. The molecule has 96 valence electrons. The monoisotopic (exact) mass is 245 g/mol. The number of nitrogens with two attached hydrogens (primary N) is 1. The van der Waals surface area contributed by atoms with E-state index in [-0.39, 0.29) is 6.10 Å². The Bertz CT molecular complexity index is 549. The second-order valence-electron chi connectivity index (χ2n) is 5.19. The highest BCUT2D eigenvalue weighted by Crippen LogP contribution is 2.29. The number of hydrogen-bond acceptors (Lipinski definition) is 3. The smallest absolute Gasteiger partial charge is 0.123 e. The molecule has 1 saturated carbocycles. The van der Waals surface area contributed by atoms with Gasteiger partial charge >= 0.3 is 0 Å². The molecule has 0 saturated heterocycles. The van der Waals surface area contributed by atoms with Gasteiger partial charge in [0.2, 0.25) is 0 Å². The molecular formula is C14H19N3O. The first-order chi connectivity index (χ1) is 8.74. The van der Waals surface area contributed by atoms with E-state index in [1.54, 1.807) is 0 Å². The van der Waals surface area contributed by atoms with Gasteiger partial charge in [0.15, 0.2) is 0 Å². The molecule has 4 nitrogen and oxygen atoms in total. The van der Waals surface area contributed by atoms with Gasteiger partial charge in [0.1, 0.15) is 11.9 Å². The third-order valence-corrected chi connectivity index (χ3v) is 3.80. The van der Waals surface area contributed by atoms with Crippen LogP contribution in [0.1, 0.15) is 31.2 Å². The van der Waals surface area contributed by atoms with Gasteiger partial charge in [0, 0.05) is 17.0 Å². The van der Waals surface area contributed by atoms with Gasteiger partial charge < -0.3 is 10.5 Å². The summed E-state index contributed by atoms with van der Waals surface area (Å²) in [6.07, 6.45) is 6.47. The average molecular weight is 245 g/mol. The molecule has 1 fully saturated rings. The number of hydrogen-bond donors (Lipinski definition) is 2. The van der Waals surface area contributed by atoms with Crippen molar-refractivity contribution >= 4 is 10.9 Å². The second-order valence-corrected chi connectivity index (χ2v) is 5.19. The maximum absolute atomic E-state index is 6.11. The van der Waals surface area contributed by atoms with Gasteiger partial charge in [0.25, 0.3) is 0 Å². The van der Waals surface area contributed by atoms with Crippen molar-refractivity contribution in [3.63, 3.8) is 0 Å². The van der Waals surface area contributed by atoms with Crippen LogP contribution in [0.5, 0.6) is 5.75 Å². The van der Waals surface area contributed by atoms with Gasteiger partial charge in [-0.15, -0.1) is 0 Å². The van der Waals surface area contributed by atoms with Crippen molar-refractivity contribution in [2.75, 3.05) is 0 Å². The lowest BCUT2D eigenvalue weighted by Crippen LogP contribution is -2.33. The molecule has 0 aliphatic heterocycles. The fourth-order valence-corrected chi connectivity index (χ4v) is 2.73. The zero-order valence-corrected chi connectivity index (χ0v) is 10.6. The standard InChI is InChI=1S/C14H19N3O/c1-9-12-8-16-17-13(12)5-6-14(9)18-11-4-2-3-10(15)7-11/h5-6,8,10-11H,2-4,7,15H2,1H3,(H,16,17)/t10-,11+/m0/s1. The van der Waals surface area contributed by atoms with E-state index < -0.39 is 0 Å². The summed E-state index contributed by atoms with van der Waals surface area (Å²) in [6, 6.07) is 4.34. The topological polar surface area (TPSA) is 63.9 Å². The van der Waals surface area contributed by atoms with E-state index in [1.165, 1.54) is 6.42 Å². The van der Waals surface area contributed by atoms with E-state index in [1.807, 2.05) is 18.3 Å². The third-order valence-electron chi connectivity index (χ3n) is 3.80. The number of fused-ring (bicyclic) bond motifs is 1. The molecular weight excluding hydrogens is 226 g/mol. The molecule has 3 N–H and O–H groups in total. The van der Waals surface area contributed by atoms with Crippen LogP contribution in [0.3, 0.4) is 0 Å². The van der Waals surface area contributed by atoms with Crippen LogP contribution in [0, 0.1) is 6.92 Å². The Morgan fingerprint density at radius 1 is 1.39 bits per heavy atom. The molecule has 1 aliphatic rings. The summed E-state index contributed by atoms with van der Waals surface area (Å²) < 4.78 is 6.11. The van der Waals surface area contributed by atoms with Gasteiger partial charge in [-0.25, -0.2) is 0 Å². The number of aryl methyl sites for hydroxylation is 1. The van der Waals surface area contributed by atoms with Crippen LogP contribution in [0.4, 0.5) is 0 Å². The van der Waals surface area contributed by atoms with E-state index in [0.29, 0.717) is 6.04 Å². The summed E-state index contributed by atoms with van der Waals surface area (Å²) in [4.78, 5) is 0. The number of H-pyrrole nitrogens is 1. The van der Waals surface area contributed by atoms with Crippen molar-refractivity contribution in [3.05, 3.63) is 23.9 Å². The molecule has 0 bridgehead atoms. The molecule has 2 aromatic rings. The summed E-state index contributed by atoms with van der Waals surface area (Å²) in [5.74, 6) is 0.961. The summed E-state index contributed by atoms with van der Waals surface area (Å²) >= 11 is 0. The highest BCUT2D eigenvalue weighted by atomic mass is 16.5. The summed E-state index contributed by atoms with van der Waals surface area (Å²) in [6.45, 7) is 2.08. The fraction of sp³-hybridized carbons (Fsp3) is 0.500. The summed E-state index contributed by atoms with van der Waals surface area (Å²) in [5.41, 5.74) is 8.20. The number of aromatic amines is 1. The minimum atomic E-state index is 0.261.